The maximum atomic E-state index is 13.9. The van der Waals surface area contributed by atoms with Gasteiger partial charge in [-0.3, -0.25) is 4.79 Å². The third kappa shape index (κ3) is 6.31. The van der Waals surface area contributed by atoms with Crippen molar-refractivity contribution in [1.29, 1.82) is 0 Å². The topological polar surface area (TPSA) is 105 Å². The Labute approximate surface area is 221 Å². The first-order chi connectivity index (χ1) is 17.4. The number of amides is 1. The molecule has 11 heteroatoms. The zero-order valence-electron chi connectivity index (χ0n) is 21.1. The summed E-state index contributed by atoms with van der Waals surface area (Å²) in [7, 11) is -3.28. The van der Waals surface area contributed by atoms with E-state index in [1.807, 2.05) is 32.0 Å². The number of nitrogens with zero attached hydrogens (tertiary/aromatic N) is 2. The van der Waals surface area contributed by atoms with Gasteiger partial charge in [0.25, 0.3) is 0 Å². The lowest BCUT2D eigenvalue weighted by molar-refractivity contribution is -0.119. The van der Waals surface area contributed by atoms with E-state index >= 15 is 0 Å². The molecule has 2 aromatic carbocycles. The average Bonchev–Trinajstić information content (AvgIpc) is 3.43. The van der Waals surface area contributed by atoms with Crippen LogP contribution in [0.3, 0.4) is 0 Å². The molecule has 0 radical (unpaired) electrons. The van der Waals surface area contributed by atoms with Crippen LogP contribution in [0.5, 0.6) is 0 Å². The van der Waals surface area contributed by atoms with E-state index in [1.165, 1.54) is 22.7 Å². The van der Waals surface area contributed by atoms with Gasteiger partial charge in [0, 0.05) is 30.6 Å². The van der Waals surface area contributed by atoms with E-state index in [0.717, 1.165) is 16.8 Å². The number of aryl methyl sites for hydroxylation is 2. The molecule has 1 amide bonds. The minimum atomic E-state index is -3.28. The molecule has 1 aliphatic rings. The van der Waals surface area contributed by atoms with E-state index in [-0.39, 0.29) is 17.0 Å². The summed E-state index contributed by atoms with van der Waals surface area (Å²) >= 11 is 5.78. The van der Waals surface area contributed by atoms with Crippen LogP contribution in [0.1, 0.15) is 30.4 Å². The van der Waals surface area contributed by atoms with E-state index in [1.54, 1.807) is 13.0 Å². The Hall–Kier alpha value is -2.95. The lowest BCUT2D eigenvalue weighted by Crippen LogP contribution is -2.31. The van der Waals surface area contributed by atoms with Gasteiger partial charge < -0.3 is 15.2 Å². The van der Waals surface area contributed by atoms with Gasteiger partial charge in [0.05, 0.1) is 28.3 Å². The number of rotatable bonds is 8. The summed E-state index contributed by atoms with van der Waals surface area (Å²) in [5, 5.41) is 10.5. The molecule has 4 rings (SSSR count). The molecule has 198 valence electrons. The monoisotopic (exact) mass is 548 g/mol. The van der Waals surface area contributed by atoms with Crippen LogP contribution < -0.4 is 10.6 Å². The minimum Gasteiger partial charge on any atom is -0.379 e. The molecule has 37 heavy (non-hydrogen) atoms. The van der Waals surface area contributed by atoms with Crippen molar-refractivity contribution in [3.8, 4) is 11.1 Å². The number of carbonyl (C=O) groups excluding carboxylic acids is 1. The molecule has 0 saturated carbocycles. The second kappa shape index (κ2) is 10.8. The molecular weight excluding hydrogens is 519 g/mol. The van der Waals surface area contributed by atoms with E-state index in [4.69, 9.17) is 16.1 Å². The fraction of sp³-hybridized carbons (Fsp3) is 0.385. The molecule has 0 bridgehead atoms. The van der Waals surface area contributed by atoms with Crippen molar-refractivity contribution < 1.29 is 22.1 Å². The number of hydrogen-bond donors (Lipinski definition) is 2. The predicted octanol–water partition coefficient (Wildman–Crippen LogP) is 5.01. The summed E-state index contributed by atoms with van der Waals surface area (Å²) in [5.74, 6) is -0.555. The number of benzene rings is 2. The van der Waals surface area contributed by atoms with Gasteiger partial charge in [0.1, 0.15) is 11.6 Å². The third-order valence-corrected chi connectivity index (χ3v) is 8.13. The molecule has 0 spiro atoms. The highest BCUT2D eigenvalue weighted by atomic mass is 35.5. The largest absolute Gasteiger partial charge is 0.379 e. The summed E-state index contributed by atoms with van der Waals surface area (Å²) in [5.41, 5.74) is 4.29. The zero-order valence-corrected chi connectivity index (χ0v) is 22.7. The van der Waals surface area contributed by atoms with Gasteiger partial charge in [-0.25, -0.2) is 17.1 Å². The molecular formula is C26H30ClFN4O4S. The Morgan fingerprint density at radius 2 is 2.00 bits per heavy atom. The first kappa shape index (κ1) is 27.1. The van der Waals surface area contributed by atoms with Gasteiger partial charge in [0.2, 0.25) is 15.9 Å². The number of aromatic nitrogens is 1. The zero-order chi connectivity index (χ0) is 26.9. The fourth-order valence-corrected chi connectivity index (χ4v) is 5.57. The van der Waals surface area contributed by atoms with Crippen LogP contribution in [-0.2, 0) is 21.2 Å². The minimum absolute atomic E-state index is 0.0362. The fourth-order valence-electron chi connectivity index (χ4n) is 4.56. The maximum absolute atomic E-state index is 13.9. The van der Waals surface area contributed by atoms with Gasteiger partial charge in [-0.2, -0.15) is 0 Å². The van der Waals surface area contributed by atoms with Gasteiger partial charge in [-0.05, 0) is 62.1 Å². The van der Waals surface area contributed by atoms with E-state index in [0.29, 0.717) is 48.6 Å². The van der Waals surface area contributed by atoms with Gasteiger partial charge in [-0.1, -0.05) is 35.8 Å². The predicted molar refractivity (Wildman–Crippen MR) is 143 cm³/mol. The van der Waals surface area contributed by atoms with Crippen LogP contribution in [0.15, 0.2) is 40.9 Å². The standard InChI is InChI=1S/C26H30ClFN4O4S/c1-15(11-18-5-7-21(27)22(28)12-18)26(33)30-24-13-19(25-16(2)31-36-17(25)3)6-8-23(24)29-20-9-10-32(14-20)37(4,34)35/h5-8,12-13,15,20,29H,9-11,14H2,1-4H3,(H,30,33)/t15-,20+/m1/s1. The number of anilines is 2. The Bertz CT molecular complexity index is 1410. The highest BCUT2D eigenvalue weighted by Crippen LogP contribution is 2.34. The van der Waals surface area contributed by atoms with E-state index in [2.05, 4.69) is 15.8 Å². The Morgan fingerprint density at radius 3 is 2.62 bits per heavy atom. The molecule has 0 aliphatic carbocycles. The third-order valence-electron chi connectivity index (χ3n) is 6.55. The molecule has 1 aromatic heterocycles. The lowest BCUT2D eigenvalue weighted by Gasteiger charge is -2.20. The van der Waals surface area contributed by atoms with Crippen molar-refractivity contribution in [2.24, 2.45) is 5.92 Å². The summed E-state index contributed by atoms with van der Waals surface area (Å²) in [6, 6.07) is 10.0. The lowest BCUT2D eigenvalue weighted by atomic mass is 9.99. The quantitative estimate of drug-likeness (QED) is 0.410. The van der Waals surface area contributed by atoms with Crippen molar-refractivity contribution in [1.82, 2.24) is 9.46 Å². The first-order valence-corrected chi connectivity index (χ1v) is 14.2. The summed E-state index contributed by atoms with van der Waals surface area (Å²) in [6.07, 6.45) is 2.18. The van der Waals surface area contributed by atoms with Crippen LogP contribution in [-0.4, -0.2) is 49.2 Å². The van der Waals surface area contributed by atoms with Crippen molar-refractivity contribution in [3.63, 3.8) is 0 Å². The van der Waals surface area contributed by atoms with Crippen LogP contribution in [0.25, 0.3) is 11.1 Å². The molecule has 2 heterocycles. The molecule has 1 saturated heterocycles. The molecule has 1 fully saturated rings. The summed E-state index contributed by atoms with van der Waals surface area (Å²) in [4.78, 5) is 13.2. The molecule has 0 unspecified atom stereocenters. The van der Waals surface area contributed by atoms with Crippen molar-refractivity contribution >= 4 is 38.9 Å². The Morgan fingerprint density at radius 1 is 1.24 bits per heavy atom. The number of sulfonamides is 1. The average molecular weight is 549 g/mol. The maximum Gasteiger partial charge on any atom is 0.227 e. The smallest absolute Gasteiger partial charge is 0.227 e. The van der Waals surface area contributed by atoms with Crippen LogP contribution in [0.2, 0.25) is 5.02 Å². The number of hydrogen-bond acceptors (Lipinski definition) is 6. The Balaban J connectivity index is 1.58. The van der Waals surface area contributed by atoms with E-state index in [9.17, 15) is 17.6 Å². The number of nitrogens with one attached hydrogen (secondary N) is 2. The van der Waals surface area contributed by atoms with Gasteiger partial charge in [-0.15, -0.1) is 0 Å². The summed E-state index contributed by atoms with van der Waals surface area (Å²) < 4.78 is 44.5. The second-order valence-corrected chi connectivity index (χ2v) is 11.9. The van der Waals surface area contributed by atoms with Crippen LogP contribution >= 0.6 is 11.6 Å². The van der Waals surface area contributed by atoms with Crippen molar-refractivity contribution in [2.45, 2.75) is 39.7 Å². The molecule has 2 N–H and O–H groups in total. The van der Waals surface area contributed by atoms with E-state index < -0.39 is 21.8 Å². The van der Waals surface area contributed by atoms with Crippen LogP contribution in [0.4, 0.5) is 15.8 Å². The SMILES string of the molecule is Cc1noc(C)c1-c1ccc(N[C@H]2CCN(S(C)(=O)=O)C2)c(NC(=O)[C@H](C)Cc2ccc(Cl)c(F)c2)c1. The molecule has 3 aromatic rings. The normalized spacial score (nSPS) is 17.1. The number of halogens is 2. The van der Waals surface area contributed by atoms with Crippen molar-refractivity contribution in [2.75, 3.05) is 30.0 Å². The highest BCUT2D eigenvalue weighted by molar-refractivity contribution is 7.88. The molecule has 1 aliphatic heterocycles. The second-order valence-electron chi connectivity index (χ2n) is 9.55. The molecule has 2 atom stereocenters. The number of carbonyl (C=O) groups is 1. The highest BCUT2D eigenvalue weighted by Gasteiger charge is 2.29. The van der Waals surface area contributed by atoms with Gasteiger partial charge in [0.15, 0.2) is 0 Å². The van der Waals surface area contributed by atoms with Crippen LogP contribution in [0, 0.1) is 25.6 Å². The van der Waals surface area contributed by atoms with Gasteiger partial charge >= 0.3 is 0 Å². The Kier molecular flexibility index (Phi) is 7.91. The molecule has 8 nitrogen and oxygen atoms in total. The first-order valence-electron chi connectivity index (χ1n) is 12.0. The van der Waals surface area contributed by atoms with Crippen molar-refractivity contribution in [3.05, 3.63) is 64.3 Å². The summed E-state index contributed by atoms with van der Waals surface area (Å²) in [6.45, 7) is 6.22.